The molecule has 5 heteroatoms. The highest BCUT2D eigenvalue weighted by atomic mass is 35.5. The van der Waals surface area contributed by atoms with Crippen molar-refractivity contribution in [1.29, 1.82) is 0 Å². The van der Waals surface area contributed by atoms with Gasteiger partial charge in [-0.05, 0) is 39.7 Å². The van der Waals surface area contributed by atoms with Crippen molar-refractivity contribution in [2.24, 2.45) is 11.7 Å². The molecule has 1 fully saturated rings. The van der Waals surface area contributed by atoms with Crippen molar-refractivity contribution in [2.45, 2.75) is 38.8 Å². The third kappa shape index (κ3) is 4.82. The van der Waals surface area contributed by atoms with E-state index in [1.807, 2.05) is 20.8 Å². The topological polar surface area (TPSA) is 64.3 Å². The number of carbonyl (C=O) groups is 1. The molecule has 0 aliphatic carbocycles. The molecule has 2 atom stereocenters. The molecule has 0 bridgehead atoms. The maximum absolute atomic E-state index is 11.6. The maximum atomic E-state index is 11.6. The fraction of sp³-hybridized carbons (Fsp3) is 0.900. The Morgan fingerprint density at radius 1 is 1.53 bits per heavy atom. The predicted molar refractivity (Wildman–Crippen MR) is 62.0 cm³/mol. The lowest BCUT2D eigenvalue weighted by Crippen LogP contribution is -2.43. The van der Waals surface area contributed by atoms with Gasteiger partial charge in [0.15, 0.2) is 0 Å². The maximum Gasteiger partial charge on any atom is 0.323 e. The molecule has 0 radical (unpaired) electrons. The van der Waals surface area contributed by atoms with E-state index >= 15 is 0 Å². The van der Waals surface area contributed by atoms with Crippen molar-refractivity contribution in [3.63, 3.8) is 0 Å². The number of carbonyl (C=O) groups excluding carboxylic acids is 1. The minimum absolute atomic E-state index is 0. The van der Waals surface area contributed by atoms with Crippen molar-refractivity contribution in [3.05, 3.63) is 0 Å². The summed E-state index contributed by atoms with van der Waals surface area (Å²) in [5.41, 5.74) is 5.37. The Labute approximate surface area is 97.3 Å². The third-order valence-electron chi connectivity index (χ3n) is 2.29. The summed E-state index contributed by atoms with van der Waals surface area (Å²) in [7, 11) is 0. The molecule has 0 spiro atoms. The van der Waals surface area contributed by atoms with Crippen LogP contribution in [0.3, 0.4) is 0 Å². The van der Waals surface area contributed by atoms with Gasteiger partial charge in [-0.2, -0.15) is 0 Å². The Hall–Kier alpha value is -0.320. The molecule has 1 aliphatic heterocycles. The molecular weight excluding hydrogens is 216 g/mol. The first-order valence-electron chi connectivity index (χ1n) is 5.09. The van der Waals surface area contributed by atoms with Gasteiger partial charge in [-0.3, -0.25) is 4.79 Å². The first kappa shape index (κ1) is 14.7. The second kappa shape index (κ2) is 5.68. The molecule has 1 heterocycles. The summed E-state index contributed by atoms with van der Waals surface area (Å²) < 4.78 is 5.22. The van der Waals surface area contributed by atoms with Crippen molar-refractivity contribution in [3.8, 4) is 0 Å². The summed E-state index contributed by atoms with van der Waals surface area (Å²) in [5, 5.41) is 3.18. The lowest BCUT2D eigenvalue weighted by atomic mass is 10.00. The number of nitrogens with two attached hydrogens (primary N) is 1. The van der Waals surface area contributed by atoms with E-state index in [4.69, 9.17) is 10.5 Å². The number of halogens is 1. The summed E-state index contributed by atoms with van der Waals surface area (Å²) in [6, 6.07) is -0.482. The molecule has 15 heavy (non-hydrogen) atoms. The minimum atomic E-state index is -0.482. The molecule has 4 nitrogen and oxygen atoms in total. The Kier molecular flexibility index (Phi) is 5.56. The molecule has 1 saturated heterocycles. The van der Waals surface area contributed by atoms with E-state index in [1.165, 1.54) is 0 Å². The van der Waals surface area contributed by atoms with Gasteiger partial charge in [-0.1, -0.05) is 0 Å². The summed E-state index contributed by atoms with van der Waals surface area (Å²) in [6.45, 7) is 7.32. The van der Waals surface area contributed by atoms with Crippen LogP contribution in [0, 0.1) is 5.92 Å². The Morgan fingerprint density at radius 2 is 2.13 bits per heavy atom. The van der Waals surface area contributed by atoms with Crippen LogP contribution in [0.2, 0.25) is 0 Å². The molecule has 0 aromatic rings. The van der Waals surface area contributed by atoms with Gasteiger partial charge in [0, 0.05) is 6.54 Å². The minimum Gasteiger partial charge on any atom is -0.459 e. The van der Waals surface area contributed by atoms with Crippen LogP contribution in [0.4, 0.5) is 0 Å². The van der Waals surface area contributed by atoms with Gasteiger partial charge in [0.25, 0.3) is 0 Å². The van der Waals surface area contributed by atoms with Crippen molar-refractivity contribution in [2.75, 3.05) is 13.1 Å². The highest BCUT2D eigenvalue weighted by molar-refractivity contribution is 5.85. The average Bonchev–Trinajstić information content (AvgIpc) is 2.51. The van der Waals surface area contributed by atoms with Crippen LogP contribution in [-0.4, -0.2) is 30.7 Å². The molecular formula is C10H21ClN2O2. The first-order chi connectivity index (χ1) is 6.40. The second-order valence-electron chi connectivity index (χ2n) is 4.81. The lowest BCUT2D eigenvalue weighted by molar-refractivity contribution is -0.157. The Morgan fingerprint density at radius 3 is 2.53 bits per heavy atom. The van der Waals surface area contributed by atoms with E-state index in [9.17, 15) is 4.79 Å². The molecule has 3 N–H and O–H groups in total. The van der Waals surface area contributed by atoms with Crippen LogP contribution in [0.1, 0.15) is 27.2 Å². The quantitative estimate of drug-likeness (QED) is 0.693. The normalized spacial score (nSPS) is 23.1. The molecule has 0 aromatic carbocycles. The Bertz CT molecular complexity index is 210. The van der Waals surface area contributed by atoms with Crippen LogP contribution in [0.15, 0.2) is 0 Å². The van der Waals surface area contributed by atoms with E-state index in [0.717, 1.165) is 19.5 Å². The molecule has 0 amide bonds. The summed E-state index contributed by atoms with van der Waals surface area (Å²) in [5.74, 6) is -0.0592. The Balaban J connectivity index is 0.00000196. The van der Waals surface area contributed by atoms with Gasteiger partial charge in [-0.15, -0.1) is 12.4 Å². The standard InChI is InChI=1S/C10H20N2O2.ClH/c1-10(2,3)14-9(13)8(11)7-4-5-12-6-7;/h7-8,12H,4-6,11H2,1-3H3;1H/t7-,8?;/m0./s1. The monoisotopic (exact) mass is 236 g/mol. The molecule has 0 saturated carbocycles. The van der Waals surface area contributed by atoms with Gasteiger partial charge in [0.2, 0.25) is 0 Å². The van der Waals surface area contributed by atoms with Gasteiger partial charge in [0.05, 0.1) is 0 Å². The fourth-order valence-electron chi connectivity index (χ4n) is 1.55. The van der Waals surface area contributed by atoms with Crippen LogP contribution >= 0.6 is 12.4 Å². The van der Waals surface area contributed by atoms with Crippen LogP contribution in [0.5, 0.6) is 0 Å². The average molecular weight is 237 g/mol. The summed E-state index contributed by atoms with van der Waals surface area (Å²) >= 11 is 0. The van der Waals surface area contributed by atoms with Gasteiger partial charge in [0.1, 0.15) is 11.6 Å². The van der Waals surface area contributed by atoms with E-state index in [0.29, 0.717) is 0 Å². The smallest absolute Gasteiger partial charge is 0.323 e. The van der Waals surface area contributed by atoms with E-state index in [-0.39, 0.29) is 24.3 Å². The van der Waals surface area contributed by atoms with Crippen LogP contribution < -0.4 is 11.1 Å². The first-order valence-corrected chi connectivity index (χ1v) is 5.09. The van der Waals surface area contributed by atoms with E-state index in [1.54, 1.807) is 0 Å². The van der Waals surface area contributed by atoms with Gasteiger partial charge in [-0.25, -0.2) is 0 Å². The number of rotatable bonds is 2. The number of ether oxygens (including phenoxy) is 1. The predicted octanol–water partition coefficient (Wildman–Crippen LogP) is 0.687. The highest BCUT2D eigenvalue weighted by Gasteiger charge is 2.30. The fourth-order valence-corrected chi connectivity index (χ4v) is 1.55. The van der Waals surface area contributed by atoms with Crippen molar-refractivity contribution < 1.29 is 9.53 Å². The number of esters is 1. The molecule has 1 unspecified atom stereocenters. The SMILES string of the molecule is CC(C)(C)OC(=O)C(N)[C@H]1CCNC1.Cl. The van der Waals surface area contributed by atoms with Crippen LogP contribution in [0.25, 0.3) is 0 Å². The highest BCUT2D eigenvalue weighted by Crippen LogP contribution is 2.15. The van der Waals surface area contributed by atoms with Crippen molar-refractivity contribution >= 4 is 18.4 Å². The molecule has 0 aromatic heterocycles. The van der Waals surface area contributed by atoms with E-state index < -0.39 is 11.6 Å². The molecule has 90 valence electrons. The lowest BCUT2D eigenvalue weighted by Gasteiger charge is -2.24. The van der Waals surface area contributed by atoms with Crippen molar-refractivity contribution in [1.82, 2.24) is 5.32 Å². The molecule has 1 aliphatic rings. The number of hydrogen-bond donors (Lipinski definition) is 2. The van der Waals surface area contributed by atoms with E-state index in [2.05, 4.69) is 5.32 Å². The third-order valence-corrected chi connectivity index (χ3v) is 2.29. The largest absolute Gasteiger partial charge is 0.459 e. The summed E-state index contributed by atoms with van der Waals surface area (Å²) in [4.78, 5) is 11.6. The zero-order chi connectivity index (χ0) is 10.8. The summed E-state index contributed by atoms with van der Waals surface area (Å²) in [6.07, 6.45) is 0.959. The number of nitrogens with one attached hydrogen (secondary N) is 1. The second-order valence-corrected chi connectivity index (χ2v) is 4.81. The van der Waals surface area contributed by atoms with Crippen LogP contribution in [-0.2, 0) is 9.53 Å². The molecule has 1 rings (SSSR count). The number of hydrogen-bond acceptors (Lipinski definition) is 4. The zero-order valence-electron chi connectivity index (χ0n) is 9.58. The van der Waals surface area contributed by atoms with Gasteiger partial charge < -0.3 is 15.8 Å². The zero-order valence-corrected chi connectivity index (χ0v) is 10.4. The van der Waals surface area contributed by atoms with Gasteiger partial charge >= 0.3 is 5.97 Å².